The fourth-order valence-electron chi connectivity index (χ4n) is 0.999. The van der Waals surface area contributed by atoms with Crippen molar-refractivity contribution >= 4 is 16.6 Å². The highest BCUT2D eigenvalue weighted by molar-refractivity contribution is 7.84. The van der Waals surface area contributed by atoms with Crippen LogP contribution in [0.1, 0.15) is 6.42 Å². The van der Waals surface area contributed by atoms with Gasteiger partial charge in [-0.2, -0.15) is 4.39 Å². The van der Waals surface area contributed by atoms with E-state index in [2.05, 4.69) is 10.3 Å². The summed E-state index contributed by atoms with van der Waals surface area (Å²) in [5.41, 5.74) is 0. The molecule has 0 saturated carbocycles. The summed E-state index contributed by atoms with van der Waals surface area (Å²) in [5.74, 6) is 0.684. The van der Waals surface area contributed by atoms with Crippen LogP contribution in [-0.4, -0.2) is 27.7 Å². The van der Waals surface area contributed by atoms with Gasteiger partial charge in [0.05, 0.1) is 0 Å². The number of hydrogen-bond donors (Lipinski definition) is 1. The molecule has 78 valence electrons. The van der Waals surface area contributed by atoms with E-state index < -0.39 is 16.7 Å². The van der Waals surface area contributed by atoms with E-state index in [1.165, 1.54) is 6.07 Å². The van der Waals surface area contributed by atoms with Gasteiger partial charge >= 0.3 is 0 Å². The van der Waals surface area contributed by atoms with Crippen molar-refractivity contribution < 1.29 is 8.60 Å². The average Bonchev–Trinajstić information content (AvgIpc) is 2.12. The zero-order valence-electron chi connectivity index (χ0n) is 8.00. The molecule has 0 bridgehead atoms. The molecule has 0 aliphatic rings. The summed E-state index contributed by atoms with van der Waals surface area (Å²) in [6.07, 6.45) is 2.46. The van der Waals surface area contributed by atoms with Gasteiger partial charge in [-0.1, -0.05) is 6.07 Å². The molecular weight excluding hydrogens is 203 g/mol. The molecule has 0 aliphatic carbocycles. The lowest BCUT2D eigenvalue weighted by molar-refractivity contribution is 0.585. The van der Waals surface area contributed by atoms with Gasteiger partial charge in [0.25, 0.3) is 0 Å². The largest absolute Gasteiger partial charge is 0.370 e. The quantitative estimate of drug-likeness (QED) is 0.597. The molecule has 3 nitrogen and oxygen atoms in total. The molecule has 0 aromatic carbocycles. The van der Waals surface area contributed by atoms with E-state index >= 15 is 0 Å². The third-order valence-electron chi connectivity index (χ3n) is 1.63. The van der Waals surface area contributed by atoms with Gasteiger partial charge in [-0.15, -0.1) is 0 Å². The second kappa shape index (κ2) is 5.70. The zero-order chi connectivity index (χ0) is 10.4. The highest BCUT2D eigenvalue weighted by atomic mass is 32.2. The Balaban J connectivity index is 2.28. The standard InChI is InChI=1S/C9H13FN2OS/c1-14(13)7-3-6-11-9-5-2-4-8(10)12-9/h2,4-5H,3,6-7H2,1H3,(H,11,12). The summed E-state index contributed by atoms with van der Waals surface area (Å²) in [7, 11) is -0.762. The molecule has 0 aliphatic heterocycles. The molecule has 0 amide bonds. The number of anilines is 1. The van der Waals surface area contributed by atoms with Crippen LogP contribution in [0.3, 0.4) is 0 Å². The van der Waals surface area contributed by atoms with Crippen molar-refractivity contribution in [3.8, 4) is 0 Å². The van der Waals surface area contributed by atoms with Gasteiger partial charge in [-0.3, -0.25) is 4.21 Å². The molecular formula is C9H13FN2OS. The maximum atomic E-state index is 12.6. The van der Waals surface area contributed by atoms with Crippen molar-refractivity contribution in [2.24, 2.45) is 0 Å². The Labute approximate surface area is 85.2 Å². The lowest BCUT2D eigenvalue weighted by Crippen LogP contribution is -2.07. The first-order valence-corrected chi connectivity index (χ1v) is 6.07. The summed E-state index contributed by atoms with van der Waals surface area (Å²) in [5, 5.41) is 2.96. The molecule has 1 N–H and O–H groups in total. The predicted molar refractivity (Wildman–Crippen MR) is 56.2 cm³/mol. The van der Waals surface area contributed by atoms with Crippen LogP contribution >= 0.6 is 0 Å². The van der Waals surface area contributed by atoms with Crippen molar-refractivity contribution in [3.05, 3.63) is 24.1 Å². The lowest BCUT2D eigenvalue weighted by atomic mass is 10.4. The molecule has 0 radical (unpaired) electrons. The smallest absolute Gasteiger partial charge is 0.214 e. The Kier molecular flexibility index (Phi) is 4.52. The Morgan fingerprint density at radius 2 is 2.36 bits per heavy atom. The minimum absolute atomic E-state index is 0.492. The molecule has 1 aromatic rings. The van der Waals surface area contributed by atoms with Gasteiger partial charge in [0.2, 0.25) is 5.95 Å². The van der Waals surface area contributed by atoms with Crippen LogP contribution in [0, 0.1) is 5.95 Å². The molecule has 0 saturated heterocycles. The molecule has 1 heterocycles. The average molecular weight is 216 g/mol. The first-order valence-electron chi connectivity index (χ1n) is 4.35. The number of aromatic nitrogens is 1. The molecule has 1 unspecified atom stereocenters. The SMILES string of the molecule is CS(=O)CCCNc1cccc(F)n1. The van der Waals surface area contributed by atoms with Crippen LogP contribution in [0.25, 0.3) is 0 Å². The fraction of sp³-hybridized carbons (Fsp3) is 0.444. The summed E-state index contributed by atoms with van der Waals surface area (Å²) >= 11 is 0. The van der Waals surface area contributed by atoms with Crippen LogP contribution in [0.15, 0.2) is 18.2 Å². The highest BCUT2D eigenvalue weighted by Gasteiger charge is 1.96. The third kappa shape index (κ3) is 4.32. The van der Waals surface area contributed by atoms with Crippen molar-refractivity contribution in [1.82, 2.24) is 4.98 Å². The predicted octanol–water partition coefficient (Wildman–Crippen LogP) is 1.40. The Bertz CT molecular complexity index is 319. The summed E-state index contributed by atoms with van der Waals surface area (Å²) < 4.78 is 23.3. The van der Waals surface area contributed by atoms with E-state index in [1.807, 2.05) is 0 Å². The maximum absolute atomic E-state index is 12.6. The molecule has 0 fully saturated rings. The van der Waals surface area contributed by atoms with E-state index in [9.17, 15) is 8.60 Å². The minimum atomic E-state index is -0.762. The number of nitrogens with zero attached hydrogens (tertiary/aromatic N) is 1. The normalized spacial score (nSPS) is 12.4. The van der Waals surface area contributed by atoms with Gasteiger partial charge < -0.3 is 5.32 Å². The van der Waals surface area contributed by atoms with E-state index in [0.717, 1.165) is 6.42 Å². The van der Waals surface area contributed by atoms with Crippen LogP contribution in [0.4, 0.5) is 10.2 Å². The lowest BCUT2D eigenvalue weighted by Gasteiger charge is -2.03. The van der Waals surface area contributed by atoms with Crippen molar-refractivity contribution in [2.75, 3.05) is 23.9 Å². The highest BCUT2D eigenvalue weighted by Crippen LogP contribution is 2.02. The van der Waals surface area contributed by atoms with Gasteiger partial charge in [0.15, 0.2) is 0 Å². The van der Waals surface area contributed by atoms with E-state index in [1.54, 1.807) is 18.4 Å². The number of hydrogen-bond acceptors (Lipinski definition) is 3. The molecule has 5 heteroatoms. The fourth-order valence-corrected chi connectivity index (χ4v) is 1.55. The molecule has 1 rings (SSSR count). The van der Waals surface area contributed by atoms with E-state index in [0.29, 0.717) is 18.1 Å². The molecule has 14 heavy (non-hydrogen) atoms. The summed E-state index contributed by atoms with van der Waals surface area (Å²) in [4.78, 5) is 3.64. The van der Waals surface area contributed by atoms with Crippen LogP contribution < -0.4 is 5.32 Å². The zero-order valence-corrected chi connectivity index (χ0v) is 8.81. The summed E-state index contributed by atoms with van der Waals surface area (Å²) in [6, 6.07) is 4.60. The minimum Gasteiger partial charge on any atom is -0.370 e. The Hall–Kier alpha value is -0.970. The first kappa shape index (κ1) is 11.1. The van der Waals surface area contributed by atoms with Crippen LogP contribution in [-0.2, 0) is 10.8 Å². The summed E-state index contributed by atoms with van der Waals surface area (Å²) in [6.45, 7) is 0.663. The van der Waals surface area contributed by atoms with Gasteiger partial charge in [0.1, 0.15) is 5.82 Å². The number of nitrogens with one attached hydrogen (secondary N) is 1. The molecule has 1 aromatic heterocycles. The van der Waals surface area contributed by atoms with Gasteiger partial charge in [-0.05, 0) is 18.6 Å². The van der Waals surface area contributed by atoms with Crippen LogP contribution in [0.2, 0.25) is 0 Å². The maximum Gasteiger partial charge on any atom is 0.214 e. The topological polar surface area (TPSA) is 42.0 Å². The Morgan fingerprint density at radius 3 is 3.00 bits per heavy atom. The van der Waals surface area contributed by atoms with Crippen molar-refractivity contribution in [1.29, 1.82) is 0 Å². The van der Waals surface area contributed by atoms with E-state index in [-0.39, 0.29) is 0 Å². The number of halogens is 1. The second-order valence-corrected chi connectivity index (χ2v) is 4.46. The third-order valence-corrected chi connectivity index (χ3v) is 2.49. The first-order chi connectivity index (χ1) is 6.68. The second-order valence-electron chi connectivity index (χ2n) is 2.90. The molecule has 0 spiro atoms. The Morgan fingerprint density at radius 1 is 1.57 bits per heavy atom. The van der Waals surface area contributed by atoms with Crippen molar-refractivity contribution in [3.63, 3.8) is 0 Å². The molecule has 1 atom stereocenters. The van der Waals surface area contributed by atoms with Crippen molar-refractivity contribution in [2.45, 2.75) is 6.42 Å². The van der Waals surface area contributed by atoms with E-state index in [4.69, 9.17) is 0 Å². The number of rotatable bonds is 5. The van der Waals surface area contributed by atoms with Crippen LogP contribution in [0.5, 0.6) is 0 Å². The number of pyridine rings is 1. The van der Waals surface area contributed by atoms with Gasteiger partial charge in [-0.25, -0.2) is 4.98 Å². The monoisotopic (exact) mass is 216 g/mol. The van der Waals surface area contributed by atoms with Gasteiger partial charge in [0, 0.05) is 29.4 Å².